The molecule has 1 aromatic carbocycles. The van der Waals surface area contributed by atoms with Gasteiger partial charge in [0.05, 0.1) is 42.4 Å². The molecular formula is C29H41BrN4O5S. The molecule has 3 amide bonds. The molecule has 40 heavy (non-hydrogen) atoms. The first-order valence-corrected chi connectivity index (χ1v) is 16.3. The molecule has 3 unspecified atom stereocenters. The molecule has 0 radical (unpaired) electrons. The van der Waals surface area contributed by atoms with E-state index in [4.69, 9.17) is 4.74 Å². The van der Waals surface area contributed by atoms with E-state index in [1.807, 2.05) is 44.2 Å². The monoisotopic (exact) mass is 636 g/mol. The van der Waals surface area contributed by atoms with E-state index in [1.165, 1.54) is 0 Å². The minimum Gasteiger partial charge on any atom is -0.394 e. The smallest absolute Gasteiger partial charge is 0.244 e. The van der Waals surface area contributed by atoms with Crippen LogP contribution in [0.4, 0.5) is 0 Å². The van der Waals surface area contributed by atoms with Crippen LogP contribution >= 0.6 is 27.7 Å². The van der Waals surface area contributed by atoms with Crippen LogP contribution in [0.2, 0.25) is 0 Å². The van der Waals surface area contributed by atoms with Crippen molar-refractivity contribution in [1.82, 2.24) is 20.4 Å². The lowest BCUT2D eigenvalue weighted by molar-refractivity contribution is -0.144. The second-order valence-electron chi connectivity index (χ2n) is 11.5. The maximum atomic E-state index is 14.3. The summed E-state index contributed by atoms with van der Waals surface area (Å²) in [5, 5.41) is 16.6. The molecule has 4 heterocycles. The Morgan fingerprint density at radius 3 is 2.60 bits per heavy atom. The van der Waals surface area contributed by atoms with E-state index in [2.05, 4.69) is 31.5 Å². The summed E-state index contributed by atoms with van der Waals surface area (Å²) in [4.78, 5) is 46.0. The van der Waals surface area contributed by atoms with Crippen LogP contribution in [0.5, 0.6) is 0 Å². The average Bonchev–Trinajstić information content (AvgIpc) is 3.56. The molecule has 4 aliphatic heterocycles. The van der Waals surface area contributed by atoms with Gasteiger partial charge >= 0.3 is 0 Å². The number of carbonyl (C=O) groups excluding carboxylic acids is 3. The van der Waals surface area contributed by atoms with Crippen molar-refractivity contribution in [3.8, 4) is 0 Å². The van der Waals surface area contributed by atoms with Crippen molar-refractivity contribution in [3.63, 3.8) is 0 Å². The van der Waals surface area contributed by atoms with Crippen LogP contribution in [0.15, 0.2) is 30.3 Å². The second kappa shape index (κ2) is 12.7. The third kappa shape index (κ3) is 5.44. The fourth-order valence-electron chi connectivity index (χ4n) is 7.00. The molecule has 3 N–H and O–H groups in total. The van der Waals surface area contributed by atoms with E-state index in [0.717, 1.165) is 25.1 Å². The second-order valence-corrected chi connectivity index (χ2v) is 14.2. The number of fused-ring (bicyclic) bond motifs is 1. The number of rotatable bonds is 11. The lowest BCUT2D eigenvalue weighted by Crippen LogP contribution is -2.58. The largest absolute Gasteiger partial charge is 0.394 e. The van der Waals surface area contributed by atoms with Gasteiger partial charge in [0.1, 0.15) is 6.04 Å². The molecule has 4 aliphatic rings. The Bertz CT molecular complexity index is 1080. The maximum absolute atomic E-state index is 14.3. The molecule has 1 aromatic rings. The van der Waals surface area contributed by atoms with Crippen LogP contribution in [0.25, 0.3) is 0 Å². The van der Waals surface area contributed by atoms with Gasteiger partial charge in [-0.25, -0.2) is 0 Å². The zero-order valence-electron chi connectivity index (χ0n) is 23.3. The van der Waals surface area contributed by atoms with E-state index >= 15 is 0 Å². The Morgan fingerprint density at radius 1 is 1.20 bits per heavy atom. The first-order chi connectivity index (χ1) is 19.3. The molecule has 11 heteroatoms. The summed E-state index contributed by atoms with van der Waals surface area (Å²) in [5.74, 6) is -1.68. The van der Waals surface area contributed by atoms with E-state index in [0.29, 0.717) is 39.3 Å². The molecule has 0 saturated carbocycles. The number of likely N-dealkylation sites (tertiary alicyclic amines) is 1. The Hall–Kier alpha value is -1.66. The van der Waals surface area contributed by atoms with Crippen molar-refractivity contribution >= 4 is 45.4 Å². The van der Waals surface area contributed by atoms with Gasteiger partial charge < -0.3 is 25.4 Å². The van der Waals surface area contributed by atoms with Gasteiger partial charge in [-0.15, -0.1) is 11.8 Å². The van der Waals surface area contributed by atoms with Crippen LogP contribution in [-0.2, 0) is 25.7 Å². The maximum Gasteiger partial charge on any atom is 0.244 e. The van der Waals surface area contributed by atoms with Gasteiger partial charge in [-0.1, -0.05) is 66.5 Å². The molecule has 9 nitrogen and oxygen atoms in total. The number of ether oxygens (including phenoxy) is 1. The number of aliphatic hydroxyl groups excluding tert-OH is 1. The summed E-state index contributed by atoms with van der Waals surface area (Å²) in [5.41, 5.74) is 0.991. The van der Waals surface area contributed by atoms with Crippen molar-refractivity contribution in [2.24, 2.45) is 17.8 Å². The molecule has 1 spiro atoms. The van der Waals surface area contributed by atoms with Gasteiger partial charge in [-0.05, 0) is 17.9 Å². The quantitative estimate of drug-likeness (QED) is 0.317. The number of benzene rings is 1. The Morgan fingerprint density at radius 2 is 1.93 bits per heavy atom. The molecule has 5 rings (SSSR count). The number of alkyl halides is 1. The fourth-order valence-corrected chi connectivity index (χ4v) is 10.6. The lowest BCUT2D eigenvalue weighted by atomic mass is 9.70. The van der Waals surface area contributed by atoms with Crippen LogP contribution in [0, 0.1) is 17.8 Å². The first-order valence-electron chi connectivity index (χ1n) is 14.5. The number of nitrogens with one attached hydrogen (secondary N) is 2. The minimum absolute atomic E-state index is 0.000140. The number of morpholine rings is 1. The average molecular weight is 638 g/mol. The van der Waals surface area contributed by atoms with Crippen molar-refractivity contribution in [3.05, 3.63) is 35.9 Å². The van der Waals surface area contributed by atoms with Gasteiger partial charge in [-0.3, -0.25) is 19.3 Å². The summed E-state index contributed by atoms with van der Waals surface area (Å²) < 4.78 is 4.70. The molecule has 220 valence electrons. The first kappa shape index (κ1) is 29.8. The molecule has 0 aromatic heterocycles. The number of hydrogen-bond acceptors (Lipinski definition) is 7. The molecular weight excluding hydrogens is 596 g/mol. The summed E-state index contributed by atoms with van der Waals surface area (Å²) in [6.45, 7) is 8.42. The Labute approximate surface area is 249 Å². The number of nitrogens with zero attached hydrogens (tertiary/aromatic N) is 2. The number of halogens is 1. The van der Waals surface area contributed by atoms with Crippen molar-refractivity contribution < 1.29 is 24.2 Å². The van der Waals surface area contributed by atoms with Crippen LogP contribution in [0.3, 0.4) is 0 Å². The highest BCUT2D eigenvalue weighted by Gasteiger charge is 2.76. The van der Waals surface area contributed by atoms with E-state index < -0.39 is 28.7 Å². The van der Waals surface area contributed by atoms with Crippen molar-refractivity contribution in [1.29, 1.82) is 0 Å². The highest BCUT2D eigenvalue weighted by Crippen LogP contribution is 2.68. The SMILES string of the molecule is CC[C@H](C)[C@H](CO)N1C(=O)[C@@H]2[C@H](C(=O)NCc3ccccc3)[C@H]3SC2(CC3Br)C1C(=O)NCCN1CCOCC1. The van der Waals surface area contributed by atoms with Crippen molar-refractivity contribution in [2.75, 3.05) is 46.0 Å². The molecule has 4 saturated heterocycles. The van der Waals surface area contributed by atoms with Crippen molar-refractivity contribution in [2.45, 2.75) is 60.1 Å². The fraction of sp³-hybridized carbons (Fsp3) is 0.690. The number of aliphatic hydroxyl groups is 1. The summed E-state index contributed by atoms with van der Waals surface area (Å²) in [6, 6.07) is 8.48. The zero-order valence-corrected chi connectivity index (χ0v) is 25.7. The van der Waals surface area contributed by atoms with Crippen LogP contribution in [-0.4, -0.2) is 106 Å². The standard InChI is InChI=1S/C29H41BrN4O5S/c1-3-18(2)21(17-35)34-25(27(37)31-9-10-33-11-13-39-14-12-33)29-15-20(30)24(40-29)22(23(29)28(34)38)26(36)32-16-19-7-5-4-6-8-19/h4-8,18,20-25,35H,3,9-17H2,1-2H3,(H,31,37)(H,32,36)/t18-,20?,21-,22-,23-,24-,25?,29?/m0/s1. The normalized spacial score (nSPS) is 33.0. The van der Waals surface area contributed by atoms with Gasteiger partial charge in [0.25, 0.3) is 0 Å². The highest BCUT2D eigenvalue weighted by molar-refractivity contribution is 9.09. The van der Waals surface area contributed by atoms with Crippen LogP contribution < -0.4 is 10.6 Å². The van der Waals surface area contributed by atoms with Gasteiger partial charge in [0.15, 0.2) is 0 Å². The molecule has 8 atom stereocenters. The zero-order chi connectivity index (χ0) is 28.4. The third-order valence-electron chi connectivity index (χ3n) is 9.26. The van der Waals surface area contributed by atoms with E-state index in [1.54, 1.807) is 16.7 Å². The summed E-state index contributed by atoms with van der Waals surface area (Å²) in [7, 11) is 0. The molecule has 4 fully saturated rings. The number of carbonyl (C=O) groups is 3. The van der Waals surface area contributed by atoms with E-state index in [9.17, 15) is 19.5 Å². The van der Waals surface area contributed by atoms with Gasteiger partial charge in [0.2, 0.25) is 17.7 Å². The lowest BCUT2D eigenvalue weighted by Gasteiger charge is -2.39. The highest BCUT2D eigenvalue weighted by atomic mass is 79.9. The van der Waals surface area contributed by atoms with Gasteiger partial charge in [-0.2, -0.15) is 0 Å². The Kier molecular flexibility index (Phi) is 9.46. The molecule has 2 bridgehead atoms. The Balaban J connectivity index is 1.41. The predicted octanol–water partition coefficient (Wildman–Crippen LogP) is 1.62. The van der Waals surface area contributed by atoms with Crippen LogP contribution in [0.1, 0.15) is 32.3 Å². The predicted molar refractivity (Wildman–Crippen MR) is 158 cm³/mol. The minimum atomic E-state index is -0.747. The third-order valence-corrected chi connectivity index (χ3v) is 12.5. The van der Waals surface area contributed by atoms with Gasteiger partial charge in [0, 0.05) is 42.8 Å². The summed E-state index contributed by atoms with van der Waals surface area (Å²) in [6.07, 6.45) is 1.38. The summed E-state index contributed by atoms with van der Waals surface area (Å²) >= 11 is 5.45. The molecule has 0 aliphatic carbocycles. The topological polar surface area (TPSA) is 111 Å². The number of thioether (sulfide) groups is 1. The number of amides is 3. The van der Waals surface area contributed by atoms with E-state index in [-0.39, 0.29) is 40.3 Å². The number of hydrogen-bond donors (Lipinski definition) is 3.